The summed E-state index contributed by atoms with van der Waals surface area (Å²) >= 11 is 0. The van der Waals surface area contributed by atoms with Gasteiger partial charge in [0.25, 0.3) is 0 Å². The van der Waals surface area contributed by atoms with Gasteiger partial charge in [0.15, 0.2) is 0 Å². The van der Waals surface area contributed by atoms with Crippen LogP contribution in [0.25, 0.3) is 0 Å². The van der Waals surface area contributed by atoms with Gasteiger partial charge in [-0.3, -0.25) is 16.0 Å². The maximum absolute atomic E-state index is 5.77. The molecule has 0 aliphatic rings. The van der Waals surface area contributed by atoms with Crippen LogP contribution < -0.4 is 11.3 Å². The summed E-state index contributed by atoms with van der Waals surface area (Å²) in [4.78, 5) is 0. The Hall–Kier alpha value is -1.65. The van der Waals surface area contributed by atoms with Crippen molar-refractivity contribution in [1.29, 1.82) is 0 Å². The highest BCUT2D eigenvalue weighted by Gasteiger charge is 2.17. The van der Waals surface area contributed by atoms with E-state index in [9.17, 15) is 0 Å². The maximum Gasteiger partial charge on any atom is 0.0669 e. The molecule has 108 valence electrons. The second kappa shape index (κ2) is 6.20. The van der Waals surface area contributed by atoms with Gasteiger partial charge in [0.05, 0.1) is 17.4 Å². The summed E-state index contributed by atoms with van der Waals surface area (Å²) in [5, 5.41) is 4.50. The second-order valence-corrected chi connectivity index (χ2v) is 5.39. The fourth-order valence-electron chi connectivity index (χ4n) is 2.53. The van der Waals surface area contributed by atoms with Crippen LogP contribution in [0.1, 0.15) is 41.0 Å². The predicted octanol–water partition coefficient (Wildman–Crippen LogP) is 2.35. The van der Waals surface area contributed by atoms with Crippen LogP contribution in [0.2, 0.25) is 0 Å². The summed E-state index contributed by atoms with van der Waals surface area (Å²) < 4.78 is 1.93. The fraction of sp³-hybridized carbons (Fsp3) is 0.438. The third-order valence-corrected chi connectivity index (χ3v) is 3.82. The lowest BCUT2D eigenvalue weighted by molar-refractivity contribution is 0.507. The molecule has 1 aromatic heterocycles. The number of nitrogens with one attached hydrogen (secondary N) is 1. The van der Waals surface area contributed by atoms with Crippen molar-refractivity contribution in [2.24, 2.45) is 12.9 Å². The number of aromatic nitrogens is 2. The quantitative estimate of drug-likeness (QED) is 0.649. The lowest BCUT2D eigenvalue weighted by Crippen LogP contribution is -2.31. The Labute approximate surface area is 121 Å². The number of nitrogens with zero attached hydrogens (tertiary/aromatic N) is 2. The molecule has 2 rings (SSSR count). The smallest absolute Gasteiger partial charge is 0.0669 e. The molecular weight excluding hydrogens is 248 g/mol. The highest BCUT2D eigenvalue weighted by atomic mass is 15.3. The Morgan fingerprint density at radius 2 is 2.05 bits per heavy atom. The van der Waals surface area contributed by atoms with Gasteiger partial charge in [-0.15, -0.1) is 0 Å². The third-order valence-electron chi connectivity index (χ3n) is 3.82. The first-order chi connectivity index (χ1) is 9.55. The molecule has 0 amide bonds. The average Bonchev–Trinajstić information content (AvgIpc) is 2.81. The maximum atomic E-state index is 5.77. The number of aryl methyl sites for hydroxylation is 4. The molecule has 1 unspecified atom stereocenters. The molecule has 1 atom stereocenters. The summed E-state index contributed by atoms with van der Waals surface area (Å²) in [6.45, 7) is 6.37. The van der Waals surface area contributed by atoms with Crippen LogP contribution in [0.15, 0.2) is 24.3 Å². The van der Waals surface area contributed by atoms with Crippen LogP contribution in [0, 0.1) is 13.8 Å². The number of rotatable bonds is 5. The van der Waals surface area contributed by atoms with E-state index in [0.29, 0.717) is 0 Å². The molecule has 0 fully saturated rings. The first-order valence-electron chi connectivity index (χ1n) is 7.10. The molecule has 0 spiro atoms. The lowest BCUT2D eigenvalue weighted by atomic mass is 9.97. The molecule has 4 nitrogen and oxygen atoms in total. The lowest BCUT2D eigenvalue weighted by Gasteiger charge is -2.18. The topological polar surface area (TPSA) is 55.9 Å². The minimum atomic E-state index is 0.0771. The van der Waals surface area contributed by atoms with E-state index in [1.165, 1.54) is 16.7 Å². The van der Waals surface area contributed by atoms with Crippen molar-refractivity contribution >= 4 is 0 Å². The molecule has 0 radical (unpaired) electrons. The van der Waals surface area contributed by atoms with E-state index >= 15 is 0 Å². The summed E-state index contributed by atoms with van der Waals surface area (Å²) in [6, 6.07) is 8.75. The van der Waals surface area contributed by atoms with Crippen molar-refractivity contribution in [3.05, 3.63) is 52.3 Å². The van der Waals surface area contributed by atoms with E-state index < -0.39 is 0 Å². The Balaban J connectivity index is 2.28. The first-order valence-corrected chi connectivity index (χ1v) is 7.10. The minimum absolute atomic E-state index is 0.0771. The third kappa shape index (κ3) is 3.08. The van der Waals surface area contributed by atoms with E-state index in [1.54, 1.807) is 0 Å². The fourth-order valence-corrected chi connectivity index (χ4v) is 2.53. The van der Waals surface area contributed by atoms with Gasteiger partial charge >= 0.3 is 0 Å². The van der Waals surface area contributed by atoms with E-state index in [2.05, 4.69) is 55.6 Å². The highest BCUT2D eigenvalue weighted by molar-refractivity contribution is 5.32. The van der Waals surface area contributed by atoms with Crippen LogP contribution in [-0.2, 0) is 19.9 Å². The number of hydrazine groups is 1. The summed E-state index contributed by atoms with van der Waals surface area (Å²) in [5.41, 5.74) is 9.07. The van der Waals surface area contributed by atoms with Crippen molar-refractivity contribution in [1.82, 2.24) is 15.2 Å². The van der Waals surface area contributed by atoms with Crippen LogP contribution in [0.3, 0.4) is 0 Å². The molecule has 0 saturated heterocycles. The molecular formula is C16H24N4. The van der Waals surface area contributed by atoms with Crippen molar-refractivity contribution in [3.8, 4) is 0 Å². The predicted molar refractivity (Wildman–Crippen MR) is 82.3 cm³/mol. The van der Waals surface area contributed by atoms with Gasteiger partial charge in [0, 0.05) is 7.05 Å². The standard InChI is InChI=1S/C16H24N4/c1-5-14-10-16(20(4)19-14)15(18-17)9-13-8-11(2)6-7-12(13)3/h6-8,10,15,18H,5,9,17H2,1-4H3. The van der Waals surface area contributed by atoms with E-state index in [0.717, 1.165) is 24.2 Å². The van der Waals surface area contributed by atoms with Crippen molar-refractivity contribution < 1.29 is 0 Å². The van der Waals surface area contributed by atoms with Gasteiger partial charge < -0.3 is 0 Å². The first kappa shape index (κ1) is 14.8. The van der Waals surface area contributed by atoms with E-state index in [4.69, 9.17) is 5.84 Å². The SMILES string of the molecule is CCc1cc(C(Cc2cc(C)ccc2C)NN)n(C)n1. The van der Waals surface area contributed by atoms with Crippen molar-refractivity contribution in [2.45, 2.75) is 39.7 Å². The van der Waals surface area contributed by atoms with Crippen molar-refractivity contribution in [3.63, 3.8) is 0 Å². The molecule has 0 saturated carbocycles. The van der Waals surface area contributed by atoms with Gasteiger partial charge in [-0.2, -0.15) is 5.10 Å². The molecule has 1 aromatic carbocycles. The molecule has 0 aliphatic heterocycles. The molecule has 0 aliphatic carbocycles. The van der Waals surface area contributed by atoms with Gasteiger partial charge in [-0.25, -0.2) is 0 Å². The van der Waals surface area contributed by atoms with Crippen LogP contribution >= 0.6 is 0 Å². The molecule has 0 bridgehead atoms. The zero-order chi connectivity index (χ0) is 14.7. The summed E-state index contributed by atoms with van der Waals surface area (Å²) in [6.07, 6.45) is 1.81. The van der Waals surface area contributed by atoms with Crippen LogP contribution in [0.5, 0.6) is 0 Å². The number of hydrogen-bond donors (Lipinski definition) is 2. The average molecular weight is 272 g/mol. The molecule has 3 N–H and O–H groups in total. The summed E-state index contributed by atoms with van der Waals surface area (Å²) in [5.74, 6) is 5.77. The molecule has 4 heteroatoms. The largest absolute Gasteiger partial charge is 0.271 e. The monoisotopic (exact) mass is 272 g/mol. The Morgan fingerprint density at radius 1 is 1.30 bits per heavy atom. The van der Waals surface area contributed by atoms with Gasteiger partial charge in [-0.1, -0.05) is 30.7 Å². The zero-order valence-corrected chi connectivity index (χ0v) is 12.8. The number of nitrogens with two attached hydrogens (primary N) is 1. The van der Waals surface area contributed by atoms with Crippen LogP contribution in [0.4, 0.5) is 0 Å². The number of hydrogen-bond acceptors (Lipinski definition) is 3. The van der Waals surface area contributed by atoms with Gasteiger partial charge in [0.2, 0.25) is 0 Å². The van der Waals surface area contributed by atoms with Gasteiger partial charge in [-0.05, 0) is 43.9 Å². The summed E-state index contributed by atoms with van der Waals surface area (Å²) in [7, 11) is 1.97. The minimum Gasteiger partial charge on any atom is -0.271 e. The van der Waals surface area contributed by atoms with Crippen LogP contribution in [-0.4, -0.2) is 9.78 Å². The second-order valence-electron chi connectivity index (χ2n) is 5.39. The number of benzene rings is 1. The Bertz CT molecular complexity index is 586. The van der Waals surface area contributed by atoms with E-state index in [-0.39, 0.29) is 6.04 Å². The van der Waals surface area contributed by atoms with E-state index in [1.807, 2.05) is 11.7 Å². The molecule has 20 heavy (non-hydrogen) atoms. The van der Waals surface area contributed by atoms with Gasteiger partial charge in [0.1, 0.15) is 0 Å². The van der Waals surface area contributed by atoms with Crippen molar-refractivity contribution in [2.75, 3.05) is 0 Å². The Morgan fingerprint density at radius 3 is 2.65 bits per heavy atom. The zero-order valence-electron chi connectivity index (χ0n) is 12.8. The molecule has 2 aromatic rings. The molecule has 1 heterocycles. The Kier molecular flexibility index (Phi) is 4.57. The normalized spacial score (nSPS) is 12.7. The highest BCUT2D eigenvalue weighted by Crippen LogP contribution is 2.21.